The molecule has 0 radical (unpaired) electrons. The van der Waals surface area contributed by atoms with Gasteiger partial charge in [-0.05, 0) is 19.1 Å². The van der Waals surface area contributed by atoms with E-state index in [4.69, 9.17) is 9.47 Å². The van der Waals surface area contributed by atoms with Crippen molar-refractivity contribution in [1.29, 1.82) is 0 Å². The van der Waals surface area contributed by atoms with Gasteiger partial charge in [-0.25, -0.2) is 4.98 Å². The maximum Gasteiger partial charge on any atom is 0.317 e. The first-order chi connectivity index (χ1) is 8.77. The number of methoxy groups -OCH3 is 1. The fourth-order valence-electron chi connectivity index (χ4n) is 1.66. The van der Waals surface area contributed by atoms with Crippen molar-refractivity contribution in [3.05, 3.63) is 47.0 Å². The zero-order valence-electron chi connectivity index (χ0n) is 10.3. The van der Waals surface area contributed by atoms with Crippen LogP contribution in [0.25, 0.3) is 5.69 Å². The van der Waals surface area contributed by atoms with Gasteiger partial charge in [-0.3, -0.25) is 9.36 Å². The third-order valence-electron chi connectivity index (χ3n) is 2.43. The number of benzene rings is 1. The largest absolute Gasteiger partial charge is 0.492 e. The molecule has 0 saturated carbocycles. The number of rotatable bonds is 4. The number of para-hydroxylation sites is 2. The van der Waals surface area contributed by atoms with E-state index in [-0.39, 0.29) is 11.4 Å². The van der Waals surface area contributed by atoms with Gasteiger partial charge >= 0.3 is 5.56 Å². The molecule has 1 aromatic carbocycles. The van der Waals surface area contributed by atoms with E-state index in [0.29, 0.717) is 18.0 Å². The summed E-state index contributed by atoms with van der Waals surface area (Å²) in [6, 6.07) is 7.33. The van der Waals surface area contributed by atoms with Crippen LogP contribution >= 0.6 is 0 Å². The molecule has 0 aliphatic heterocycles. The Morgan fingerprint density at radius 2 is 2.11 bits per heavy atom. The molecule has 0 amide bonds. The Morgan fingerprint density at radius 3 is 2.83 bits per heavy atom. The summed E-state index contributed by atoms with van der Waals surface area (Å²) in [7, 11) is 1.42. The van der Waals surface area contributed by atoms with Crippen molar-refractivity contribution < 1.29 is 9.47 Å². The molecule has 5 heteroatoms. The van der Waals surface area contributed by atoms with E-state index in [9.17, 15) is 4.79 Å². The molecule has 0 N–H and O–H groups in total. The molecule has 0 unspecified atom stereocenters. The quantitative estimate of drug-likeness (QED) is 0.823. The summed E-state index contributed by atoms with van der Waals surface area (Å²) >= 11 is 0. The molecule has 94 valence electrons. The van der Waals surface area contributed by atoms with Crippen LogP contribution in [0.3, 0.4) is 0 Å². The van der Waals surface area contributed by atoms with Crippen molar-refractivity contribution in [2.75, 3.05) is 13.7 Å². The highest BCUT2D eigenvalue weighted by Crippen LogP contribution is 2.21. The minimum Gasteiger partial charge on any atom is -0.492 e. The van der Waals surface area contributed by atoms with Gasteiger partial charge in [-0.1, -0.05) is 12.1 Å². The van der Waals surface area contributed by atoms with Crippen molar-refractivity contribution in [1.82, 2.24) is 9.55 Å². The van der Waals surface area contributed by atoms with Crippen LogP contribution in [0.5, 0.6) is 11.6 Å². The van der Waals surface area contributed by atoms with Gasteiger partial charge in [0.25, 0.3) is 5.88 Å². The minimum absolute atomic E-state index is 0.0591. The van der Waals surface area contributed by atoms with Gasteiger partial charge in [-0.2, -0.15) is 0 Å². The maximum absolute atomic E-state index is 12.1. The van der Waals surface area contributed by atoms with Crippen LogP contribution in [0.2, 0.25) is 0 Å². The van der Waals surface area contributed by atoms with Crippen molar-refractivity contribution in [2.45, 2.75) is 6.92 Å². The van der Waals surface area contributed by atoms with E-state index in [1.807, 2.05) is 31.2 Å². The first-order valence-corrected chi connectivity index (χ1v) is 5.61. The molecule has 0 aliphatic carbocycles. The molecule has 0 spiro atoms. The standard InChI is InChI=1S/C13H14N2O3/c1-3-18-11-7-5-4-6-10(11)15-9-8-14-12(17-2)13(15)16/h4-9H,3H2,1-2H3. The SMILES string of the molecule is CCOc1ccccc1-n1ccnc(OC)c1=O. The number of ether oxygens (including phenoxy) is 2. The molecule has 18 heavy (non-hydrogen) atoms. The topological polar surface area (TPSA) is 53.4 Å². The van der Waals surface area contributed by atoms with Gasteiger partial charge in [0.15, 0.2) is 0 Å². The Bertz CT molecular complexity index is 593. The molecule has 2 aromatic rings. The molecule has 2 rings (SSSR count). The lowest BCUT2D eigenvalue weighted by Gasteiger charge is -2.12. The molecule has 1 heterocycles. The molecular formula is C13H14N2O3. The lowest BCUT2D eigenvalue weighted by molar-refractivity contribution is 0.338. The Hall–Kier alpha value is -2.30. The molecule has 0 atom stereocenters. The number of nitrogens with zero attached hydrogens (tertiary/aromatic N) is 2. The fourth-order valence-corrected chi connectivity index (χ4v) is 1.66. The second-order valence-corrected chi connectivity index (χ2v) is 3.51. The van der Waals surface area contributed by atoms with Crippen LogP contribution in [0, 0.1) is 0 Å². The molecule has 0 fully saturated rings. The molecular weight excluding hydrogens is 232 g/mol. The smallest absolute Gasteiger partial charge is 0.317 e. The second kappa shape index (κ2) is 5.35. The molecule has 0 bridgehead atoms. The number of hydrogen-bond acceptors (Lipinski definition) is 4. The van der Waals surface area contributed by atoms with E-state index < -0.39 is 0 Å². The normalized spacial score (nSPS) is 10.1. The number of aromatic nitrogens is 2. The van der Waals surface area contributed by atoms with Crippen LogP contribution in [0.15, 0.2) is 41.5 Å². The van der Waals surface area contributed by atoms with E-state index in [1.165, 1.54) is 17.9 Å². The van der Waals surface area contributed by atoms with Crippen LogP contribution < -0.4 is 15.0 Å². The highest BCUT2D eigenvalue weighted by molar-refractivity contribution is 5.46. The van der Waals surface area contributed by atoms with Crippen LogP contribution in [0.4, 0.5) is 0 Å². The van der Waals surface area contributed by atoms with Gasteiger partial charge in [-0.15, -0.1) is 0 Å². The first-order valence-electron chi connectivity index (χ1n) is 5.61. The summed E-state index contributed by atoms with van der Waals surface area (Å²) in [6.07, 6.45) is 3.10. The molecule has 1 aromatic heterocycles. The Morgan fingerprint density at radius 1 is 1.33 bits per heavy atom. The lowest BCUT2D eigenvalue weighted by atomic mass is 10.3. The summed E-state index contributed by atoms with van der Waals surface area (Å²) in [4.78, 5) is 15.9. The fraction of sp³-hybridized carbons (Fsp3) is 0.231. The Labute approximate surface area is 105 Å². The summed E-state index contributed by atoms with van der Waals surface area (Å²) in [5.41, 5.74) is 0.359. The van der Waals surface area contributed by atoms with Gasteiger partial charge in [0.1, 0.15) is 5.75 Å². The highest BCUT2D eigenvalue weighted by atomic mass is 16.5. The van der Waals surface area contributed by atoms with Gasteiger partial charge < -0.3 is 9.47 Å². The van der Waals surface area contributed by atoms with Crippen LogP contribution in [0.1, 0.15) is 6.92 Å². The summed E-state index contributed by atoms with van der Waals surface area (Å²) in [6.45, 7) is 2.43. The maximum atomic E-state index is 12.1. The second-order valence-electron chi connectivity index (χ2n) is 3.51. The number of hydrogen-bond donors (Lipinski definition) is 0. The molecule has 5 nitrogen and oxygen atoms in total. The average molecular weight is 246 g/mol. The third kappa shape index (κ3) is 2.20. The zero-order chi connectivity index (χ0) is 13.0. The summed E-state index contributed by atoms with van der Waals surface area (Å²) in [5.74, 6) is 0.708. The van der Waals surface area contributed by atoms with E-state index in [1.54, 1.807) is 6.20 Å². The van der Waals surface area contributed by atoms with Crippen molar-refractivity contribution in [3.63, 3.8) is 0 Å². The van der Waals surface area contributed by atoms with Gasteiger partial charge in [0, 0.05) is 12.4 Å². The monoisotopic (exact) mass is 246 g/mol. The van der Waals surface area contributed by atoms with E-state index in [0.717, 1.165) is 0 Å². The van der Waals surface area contributed by atoms with Crippen molar-refractivity contribution in [2.24, 2.45) is 0 Å². The van der Waals surface area contributed by atoms with Crippen LogP contribution in [-0.2, 0) is 0 Å². The van der Waals surface area contributed by atoms with Gasteiger partial charge in [0.05, 0.1) is 19.4 Å². The Kier molecular flexibility index (Phi) is 3.62. The van der Waals surface area contributed by atoms with Crippen LogP contribution in [-0.4, -0.2) is 23.3 Å². The summed E-state index contributed by atoms with van der Waals surface area (Å²) < 4.78 is 11.9. The predicted octanol–water partition coefficient (Wildman–Crippen LogP) is 1.64. The lowest BCUT2D eigenvalue weighted by Crippen LogP contribution is -2.20. The van der Waals surface area contributed by atoms with Gasteiger partial charge in [0.2, 0.25) is 0 Å². The molecule has 0 saturated heterocycles. The van der Waals surface area contributed by atoms with E-state index in [2.05, 4.69) is 4.98 Å². The van der Waals surface area contributed by atoms with Crippen molar-refractivity contribution >= 4 is 0 Å². The summed E-state index contributed by atoms with van der Waals surface area (Å²) in [5, 5.41) is 0. The van der Waals surface area contributed by atoms with Crippen molar-refractivity contribution in [3.8, 4) is 17.3 Å². The third-order valence-corrected chi connectivity index (χ3v) is 2.43. The average Bonchev–Trinajstić information content (AvgIpc) is 2.40. The Balaban J connectivity index is 2.59. The zero-order valence-corrected chi connectivity index (χ0v) is 10.3. The minimum atomic E-state index is -0.313. The van der Waals surface area contributed by atoms with E-state index >= 15 is 0 Å². The predicted molar refractivity (Wildman–Crippen MR) is 67.6 cm³/mol. The first kappa shape index (κ1) is 12.2. The molecule has 0 aliphatic rings. The highest BCUT2D eigenvalue weighted by Gasteiger charge is 2.10.